The second-order valence-electron chi connectivity index (χ2n) is 9.44. The van der Waals surface area contributed by atoms with Gasteiger partial charge in [0.1, 0.15) is 6.10 Å². The van der Waals surface area contributed by atoms with Crippen molar-refractivity contribution >= 4 is 5.97 Å². The highest BCUT2D eigenvalue weighted by atomic mass is 16.7. The second-order valence-corrected chi connectivity index (χ2v) is 9.44. The first-order chi connectivity index (χ1) is 15.4. The number of aliphatic carboxylic acids is 1. The van der Waals surface area contributed by atoms with E-state index < -0.39 is 24.5 Å². The Morgan fingerprint density at radius 2 is 1.41 bits per heavy atom. The lowest BCUT2D eigenvalue weighted by molar-refractivity contribution is -0.273. The van der Waals surface area contributed by atoms with Crippen LogP contribution in [0.1, 0.15) is 117 Å². The predicted molar refractivity (Wildman–Crippen MR) is 128 cm³/mol. The van der Waals surface area contributed by atoms with Crippen molar-refractivity contribution < 1.29 is 29.6 Å². The Kier molecular flexibility index (Phi) is 16.8. The van der Waals surface area contributed by atoms with E-state index in [1.54, 1.807) is 6.08 Å². The maximum atomic E-state index is 10.3. The standard InChI is InChI=1S/C26H48O6/c1-21(31-26-24(28)20-23(27)22(2)32-26)18-16-14-12-10-8-6-4-3-5-7-9-11-13-15-17-19-25(29)30/h17,19,21-24,26-28H,3-16,18,20H2,1-2H3,(H,29,30). The Hall–Kier alpha value is -0.950. The third-order valence-corrected chi connectivity index (χ3v) is 6.30. The molecule has 5 unspecified atom stereocenters. The molecule has 6 nitrogen and oxygen atoms in total. The molecule has 1 aliphatic rings. The molecule has 0 aromatic rings. The molecule has 1 aliphatic heterocycles. The summed E-state index contributed by atoms with van der Waals surface area (Å²) < 4.78 is 11.4. The van der Waals surface area contributed by atoms with Gasteiger partial charge in [0.2, 0.25) is 0 Å². The molecule has 32 heavy (non-hydrogen) atoms. The van der Waals surface area contributed by atoms with Gasteiger partial charge in [0.05, 0.1) is 18.3 Å². The van der Waals surface area contributed by atoms with Gasteiger partial charge in [0, 0.05) is 12.5 Å². The highest BCUT2D eigenvalue weighted by molar-refractivity contribution is 5.79. The number of hydrogen-bond acceptors (Lipinski definition) is 5. The Morgan fingerprint density at radius 3 is 1.94 bits per heavy atom. The van der Waals surface area contributed by atoms with Crippen LogP contribution in [0.3, 0.4) is 0 Å². The summed E-state index contributed by atoms with van der Waals surface area (Å²) in [5.41, 5.74) is 0. The Bertz CT molecular complexity index is 495. The van der Waals surface area contributed by atoms with Gasteiger partial charge < -0.3 is 24.8 Å². The van der Waals surface area contributed by atoms with Crippen molar-refractivity contribution in [3.05, 3.63) is 12.2 Å². The summed E-state index contributed by atoms with van der Waals surface area (Å²) in [6.07, 6.45) is 19.3. The molecule has 0 radical (unpaired) electrons. The minimum Gasteiger partial charge on any atom is -0.478 e. The van der Waals surface area contributed by atoms with Crippen LogP contribution in [0, 0.1) is 0 Å². The number of aliphatic hydroxyl groups is 2. The number of hydrogen-bond donors (Lipinski definition) is 3. The maximum Gasteiger partial charge on any atom is 0.327 e. The molecule has 1 rings (SSSR count). The molecule has 188 valence electrons. The smallest absolute Gasteiger partial charge is 0.327 e. The van der Waals surface area contributed by atoms with Gasteiger partial charge in [-0.25, -0.2) is 4.79 Å². The molecule has 1 fully saturated rings. The number of carbonyl (C=O) groups is 1. The van der Waals surface area contributed by atoms with Crippen LogP contribution in [0.25, 0.3) is 0 Å². The number of unbranched alkanes of at least 4 members (excludes halogenated alkanes) is 13. The van der Waals surface area contributed by atoms with E-state index >= 15 is 0 Å². The second kappa shape index (κ2) is 18.5. The third kappa shape index (κ3) is 15.0. The number of aliphatic hydroxyl groups excluding tert-OH is 2. The molecule has 6 heteroatoms. The van der Waals surface area contributed by atoms with Crippen molar-refractivity contribution in [2.45, 2.75) is 147 Å². The monoisotopic (exact) mass is 456 g/mol. The van der Waals surface area contributed by atoms with Crippen LogP contribution in [0.2, 0.25) is 0 Å². The molecule has 1 heterocycles. The average Bonchev–Trinajstić information content (AvgIpc) is 2.74. The topological polar surface area (TPSA) is 96.2 Å². The zero-order valence-electron chi connectivity index (χ0n) is 20.4. The molecule has 0 amide bonds. The Balaban J connectivity index is 1.83. The van der Waals surface area contributed by atoms with E-state index in [-0.39, 0.29) is 12.2 Å². The lowest BCUT2D eigenvalue weighted by Crippen LogP contribution is -2.48. The van der Waals surface area contributed by atoms with Crippen molar-refractivity contribution in [1.82, 2.24) is 0 Å². The minimum atomic E-state index is -0.853. The Labute approximate surface area is 195 Å². The van der Waals surface area contributed by atoms with Gasteiger partial charge >= 0.3 is 5.97 Å². The largest absolute Gasteiger partial charge is 0.478 e. The first-order valence-electron chi connectivity index (χ1n) is 13.0. The minimum absolute atomic E-state index is 0.0540. The summed E-state index contributed by atoms with van der Waals surface area (Å²) in [6.45, 7) is 3.84. The quantitative estimate of drug-likeness (QED) is 0.169. The zero-order valence-corrected chi connectivity index (χ0v) is 20.4. The first-order valence-corrected chi connectivity index (χ1v) is 13.0. The van der Waals surface area contributed by atoms with Crippen LogP contribution in [-0.4, -0.2) is 52.0 Å². The van der Waals surface area contributed by atoms with Gasteiger partial charge in [-0.3, -0.25) is 0 Å². The van der Waals surface area contributed by atoms with Crippen LogP contribution in [0.5, 0.6) is 0 Å². The van der Waals surface area contributed by atoms with Crippen LogP contribution in [-0.2, 0) is 14.3 Å². The van der Waals surface area contributed by atoms with Gasteiger partial charge in [-0.1, -0.05) is 83.1 Å². The van der Waals surface area contributed by atoms with Crippen LogP contribution < -0.4 is 0 Å². The van der Waals surface area contributed by atoms with Crippen molar-refractivity contribution in [2.75, 3.05) is 0 Å². The molecule has 0 aromatic heterocycles. The molecule has 0 aromatic carbocycles. The Morgan fingerprint density at radius 1 is 0.906 bits per heavy atom. The van der Waals surface area contributed by atoms with E-state index in [1.807, 2.05) is 13.8 Å². The van der Waals surface area contributed by atoms with Crippen LogP contribution >= 0.6 is 0 Å². The summed E-state index contributed by atoms with van der Waals surface area (Å²) >= 11 is 0. The van der Waals surface area contributed by atoms with Gasteiger partial charge in [-0.2, -0.15) is 0 Å². The van der Waals surface area contributed by atoms with Gasteiger partial charge in [0.15, 0.2) is 6.29 Å². The summed E-state index contributed by atoms with van der Waals surface area (Å²) in [4.78, 5) is 10.3. The van der Waals surface area contributed by atoms with Crippen LogP contribution in [0.4, 0.5) is 0 Å². The third-order valence-electron chi connectivity index (χ3n) is 6.30. The molecule has 0 aliphatic carbocycles. The molecule has 0 saturated carbocycles. The van der Waals surface area contributed by atoms with E-state index in [0.717, 1.165) is 25.7 Å². The molecule has 3 N–H and O–H groups in total. The van der Waals surface area contributed by atoms with Crippen molar-refractivity contribution in [1.29, 1.82) is 0 Å². The molecular formula is C26H48O6. The van der Waals surface area contributed by atoms with Gasteiger partial charge in [-0.15, -0.1) is 0 Å². The highest BCUT2D eigenvalue weighted by Gasteiger charge is 2.35. The normalized spacial score (nSPS) is 24.8. The fourth-order valence-corrected chi connectivity index (χ4v) is 4.19. The highest BCUT2D eigenvalue weighted by Crippen LogP contribution is 2.23. The lowest BCUT2D eigenvalue weighted by Gasteiger charge is -2.36. The number of carboxylic acid groups (broad SMARTS) is 1. The van der Waals surface area contributed by atoms with E-state index in [9.17, 15) is 15.0 Å². The van der Waals surface area contributed by atoms with Crippen molar-refractivity contribution in [3.63, 3.8) is 0 Å². The number of ether oxygens (including phenoxy) is 2. The molecule has 0 spiro atoms. The fourth-order valence-electron chi connectivity index (χ4n) is 4.19. The summed E-state index contributed by atoms with van der Waals surface area (Å²) in [7, 11) is 0. The SMILES string of the molecule is CC(CCCCCCCCCCCCCCCC=CC(=O)O)OC1OC(C)C(O)CC1O. The summed E-state index contributed by atoms with van der Waals surface area (Å²) in [6, 6.07) is 0. The van der Waals surface area contributed by atoms with Crippen molar-refractivity contribution in [3.8, 4) is 0 Å². The molecule has 0 bridgehead atoms. The summed E-state index contributed by atoms with van der Waals surface area (Å²) in [5.74, 6) is -0.853. The van der Waals surface area contributed by atoms with Crippen molar-refractivity contribution in [2.24, 2.45) is 0 Å². The van der Waals surface area contributed by atoms with E-state index in [1.165, 1.54) is 76.7 Å². The number of allylic oxidation sites excluding steroid dienone is 1. The maximum absolute atomic E-state index is 10.3. The van der Waals surface area contributed by atoms with E-state index in [4.69, 9.17) is 14.6 Å². The lowest BCUT2D eigenvalue weighted by atomic mass is 10.0. The van der Waals surface area contributed by atoms with Crippen LogP contribution in [0.15, 0.2) is 12.2 Å². The number of carboxylic acids is 1. The number of rotatable bonds is 19. The molecule has 5 atom stereocenters. The van der Waals surface area contributed by atoms with E-state index in [0.29, 0.717) is 6.42 Å². The average molecular weight is 457 g/mol. The zero-order chi connectivity index (χ0) is 23.6. The van der Waals surface area contributed by atoms with E-state index in [2.05, 4.69) is 0 Å². The fraction of sp³-hybridized carbons (Fsp3) is 0.885. The molecule has 1 saturated heterocycles. The molecular weight excluding hydrogens is 408 g/mol. The predicted octanol–water partition coefficient (Wildman–Crippen LogP) is 5.74. The first kappa shape index (κ1) is 29.1. The van der Waals surface area contributed by atoms with Gasteiger partial charge in [0.25, 0.3) is 0 Å². The van der Waals surface area contributed by atoms with Gasteiger partial charge in [-0.05, 0) is 33.1 Å². The summed E-state index contributed by atoms with van der Waals surface area (Å²) in [5, 5.41) is 28.2.